The summed E-state index contributed by atoms with van der Waals surface area (Å²) in [6.45, 7) is 1.30. The fourth-order valence-corrected chi connectivity index (χ4v) is 3.10. The number of hydrogen-bond donors (Lipinski definition) is 1. The van der Waals surface area contributed by atoms with Crippen LogP contribution in [0, 0.1) is 0 Å². The average Bonchev–Trinajstić information content (AvgIpc) is 3.06. The number of nitrogens with zero attached hydrogens (tertiary/aromatic N) is 2. The first-order valence-electron chi connectivity index (χ1n) is 7.86. The molecule has 2 heterocycles. The van der Waals surface area contributed by atoms with Gasteiger partial charge < -0.3 is 24.6 Å². The first-order chi connectivity index (χ1) is 11.6. The van der Waals surface area contributed by atoms with E-state index in [4.69, 9.17) is 19.7 Å². The van der Waals surface area contributed by atoms with Gasteiger partial charge in [0.25, 0.3) is 5.91 Å². The van der Waals surface area contributed by atoms with Gasteiger partial charge in [0.1, 0.15) is 0 Å². The first-order valence-corrected chi connectivity index (χ1v) is 7.86. The van der Waals surface area contributed by atoms with Crippen molar-refractivity contribution in [3.63, 3.8) is 0 Å². The lowest BCUT2D eigenvalue weighted by Crippen LogP contribution is -2.38. The molecule has 0 atom stereocenters. The number of carbonyl (C=O) groups excluding carboxylic acids is 1. The van der Waals surface area contributed by atoms with Gasteiger partial charge in [-0.1, -0.05) is 11.2 Å². The molecule has 2 N–H and O–H groups in total. The Hall–Kier alpha value is -2.70. The van der Waals surface area contributed by atoms with E-state index in [0.717, 1.165) is 18.5 Å². The zero-order valence-electron chi connectivity index (χ0n) is 13.8. The second-order valence-electron chi connectivity index (χ2n) is 5.76. The number of likely N-dealkylation sites (tertiary alicyclic amines) is 1. The lowest BCUT2D eigenvalue weighted by atomic mass is 9.93. The van der Waals surface area contributed by atoms with Crippen molar-refractivity contribution in [3.05, 3.63) is 35.5 Å². The fourth-order valence-electron chi connectivity index (χ4n) is 3.10. The van der Waals surface area contributed by atoms with Gasteiger partial charge in [0.05, 0.1) is 25.5 Å². The largest absolute Gasteiger partial charge is 0.493 e. The average molecular weight is 331 g/mol. The zero-order valence-corrected chi connectivity index (χ0v) is 13.8. The first kappa shape index (κ1) is 16.2. The summed E-state index contributed by atoms with van der Waals surface area (Å²) in [6, 6.07) is 7.08. The van der Waals surface area contributed by atoms with Crippen molar-refractivity contribution in [2.75, 3.05) is 33.0 Å². The summed E-state index contributed by atoms with van der Waals surface area (Å²) in [5.74, 6) is 1.56. The van der Waals surface area contributed by atoms with E-state index in [0.29, 0.717) is 36.0 Å². The molecular formula is C17H21N3O4. The second kappa shape index (κ2) is 6.82. The van der Waals surface area contributed by atoms with Gasteiger partial charge in [-0.05, 0) is 25.0 Å². The summed E-state index contributed by atoms with van der Waals surface area (Å²) < 4.78 is 15.6. The molecule has 1 aromatic heterocycles. The van der Waals surface area contributed by atoms with Crippen LogP contribution in [0.2, 0.25) is 0 Å². The van der Waals surface area contributed by atoms with Crippen LogP contribution in [0.5, 0.6) is 11.5 Å². The normalized spacial score (nSPS) is 15.3. The number of rotatable bonds is 4. The van der Waals surface area contributed by atoms with E-state index >= 15 is 0 Å². The molecule has 2 aromatic rings. The van der Waals surface area contributed by atoms with Gasteiger partial charge in [0.2, 0.25) is 5.88 Å². The molecule has 1 aliphatic heterocycles. The van der Waals surface area contributed by atoms with Gasteiger partial charge in [-0.25, -0.2) is 0 Å². The molecule has 128 valence electrons. The highest BCUT2D eigenvalue weighted by Crippen LogP contribution is 2.33. The van der Waals surface area contributed by atoms with Crippen LogP contribution in [-0.4, -0.2) is 43.3 Å². The van der Waals surface area contributed by atoms with E-state index in [1.165, 1.54) is 7.11 Å². The topological polar surface area (TPSA) is 90.8 Å². The zero-order chi connectivity index (χ0) is 17.1. The summed E-state index contributed by atoms with van der Waals surface area (Å²) in [7, 11) is 3.09. The molecule has 1 fully saturated rings. The van der Waals surface area contributed by atoms with E-state index in [-0.39, 0.29) is 11.8 Å². The standard InChI is InChI=1S/C17H21N3O4/c1-22-14-5-3-4-12(16(14)23-2)17(21)20-8-6-11(7-9-20)13-10-15(18)24-19-13/h3-5,10-11H,6-9,18H2,1-2H3. The molecule has 0 aliphatic carbocycles. The monoisotopic (exact) mass is 331 g/mol. The molecule has 0 unspecified atom stereocenters. The number of nitrogens with two attached hydrogens (primary N) is 1. The van der Waals surface area contributed by atoms with Crippen LogP contribution in [0.3, 0.4) is 0 Å². The molecule has 0 bridgehead atoms. The van der Waals surface area contributed by atoms with E-state index in [2.05, 4.69) is 5.16 Å². The van der Waals surface area contributed by atoms with E-state index in [1.807, 2.05) is 4.90 Å². The quantitative estimate of drug-likeness (QED) is 0.924. The third-order valence-electron chi connectivity index (χ3n) is 4.38. The highest BCUT2D eigenvalue weighted by atomic mass is 16.5. The number of nitrogen functional groups attached to an aromatic ring is 1. The number of carbonyl (C=O) groups is 1. The van der Waals surface area contributed by atoms with Gasteiger partial charge in [-0.2, -0.15) is 0 Å². The summed E-state index contributed by atoms with van der Waals surface area (Å²) >= 11 is 0. The number of anilines is 1. The van der Waals surface area contributed by atoms with Crippen LogP contribution >= 0.6 is 0 Å². The second-order valence-corrected chi connectivity index (χ2v) is 5.76. The molecule has 3 rings (SSSR count). The summed E-state index contributed by atoms with van der Waals surface area (Å²) in [6.07, 6.45) is 1.65. The highest BCUT2D eigenvalue weighted by molar-refractivity contribution is 5.97. The van der Waals surface area contributed by atoms with E-state index < -0.39 is 0 Å². The maximum Gasteiger partial charge on any atom is 0.257 e. The minimum atomic E-state index is -0.0520. The van der Waals surface area contributed by atoms with Gasteiger partial charge in [0, 0.05) is 25.1 Å². The Kier molecular flexibility index (Phi) is 4.59. The van der Waals surface area contributed by atoms with Crippen LogP contribution in [0.15, 0.2) is 28.8 Å². The van der Waals surface area contributed by atoms with Crippen molar-refractivity contribution in [2.45, 2.75) is 18.8 Å². The van der Waals surface area contributed by atoms with Gasteiger partial charge in [0.15, 0.2) is 11.5 Å². The van der Waals surface area contributed by atoms with Crippen LogP contribution in [0.25, 0.3) is 0 Å². The van der Waals surface area contributed by atoms with Crippen LogP contribution in [-0.2, 0) is 0 Å². The molecule has 1 aromatic carbocycles. The lowest BCUT2D eigenvalue weighted by Gasteiger charge is -2.31. The minimum absolute atomic E-state index is 0.0520. The van der Waals surface area contributed by atoms with Gasteiger partial charge in [-0.15, -0.1) is 0 Å². The van der Waals surface area contributed by atoms with Crippen molar-refractivity contribution in [1.29, 1.82) is 0 Å². The predicted molar refractivity (Wildman–Crippen MR) is 88.3 cm³/mol. The highest BCUT2D eigenvalue weighted by Gasteiger charge is 2.28. The van der Waals surface area contributed by atoms with E-state index in [9.17, 15) is 4.79 Å². The Morgan fingerprint density at radius 2 is 2.04 bits per heavy atom. The van der Waals surface area contributed by atoms with Crippen molar-refractivity contribution < 1.29 is 18.8 Å². The fraction of sp³-hybridized carbons (Fsp3) is 0.412. The maximum atomic E-state index is 12.8. The van der Waals surface area contributed by atoms with Gasteiger partial charge >= 0.3 is 0 Å². The van der Waals surface area contributed by atoms with Gasteiger partial charge in [-0.3, -0.25) is 4.79 Å². The van der Waals surface area contributed by atoms with Crippen molar-refractivity contribution in [2.24, 2.45) is 0 Å². The molecule has 0 spiro atoms. The van der Waals surface area contributed by atoms with Crippen molar-refractivity contribution >= 4 is 11.8 Å². The lowest BCUT2D eigenvalue weighted by molar-refractivity contribution is 0.0707. The van der Waals surface area contributed by atoms with Crippen molar-refractivity contribution in [1.82, 2.24) is 10.1 Å². The Morgan fingerprint density at radius 3 is 2.62 bits per heavy atom. The predicted octanol–water partition coefficient (Wildman–Crippen LogP) is 2.29. The number of methoxy groups -OCH3 is 2. The number of para-hydroxylation sites is 1. The Labute approximate surface area is 140 Å². The molecule has 24 heavy (non-hydrogen) atoms. The maximum absolute atomic E-state index is 12.8. The molecule has 7 heteroatoms. The molecule has 1 amide bonds. The van der Waals surface area contributed by atoms with E-state index in [1.54, 1.807) is 31.4 Å². The Balaban J connectivity index is 1.71. The molecule has 0 radical (unpaired) electrons. The van der Waals surface area contributed by atoms with Crippen molar-refractivity contribution in [3.8, 4) is 11.5 Å². The third kappa shape index (κ3) is 3.02. The number of benzene rings is 1. The smallest absolute Gasteiger partial charge is 0.257 e. The molecule has 1 aliphatic rings. The van der Waals surface area contributed by atoms with Crippen LogP contribution in [0.4, 0.5) is 5.88 Å². The summed E-state index contributed by atoms with van der Waals surface area (Å²) in [5.41, 5.74) is 6.95. The SMILES string of the molecule is COc1cccc(C(=O)N2CCC(c3cc(N)on3)CC2)c1OC. The third-order valence-corrected chi connectivity index (χ3v) is 4.38. The number of hydrogen-bond acceptors (Lipinski definition) is 6. The summed E-state index contributed by atoms with van der Waals surface area (Å²) in [4.78, 5) is 14.7. The Morgan fingerprint density at radius 1 is 1.29 bits per heavy atom. The molecular weight excluding hydrogens is 310 g/mol. The molecule has 7 nitrogen and oxygen atoms in total. The number of ether oxygens (including phenoxy) is 2. The number of aromatic nitrogens is 1. The Bertz CT molecular complexity index is 720. The number of piperidine rings is 1. The summed E-state index contributed by atoms with van der Waals surface area (Å²) in [5, 5.41) is 3.98. The number of amides is 1. The van der Waals surface area contributed by atoms with Crippen LogP contribution in [0.1, 0.15) is 34.8 Å². The minimum Gasteiger partial charge on any atom is -0.493 e. The molecule has 0 saturated carbocycles. The molecule has 1 saturated heterocycles. The van der Waals surface area contributed by atoms with Crippen LogP contribution < -0.4 is 15.2 Å².